The van der Waals surface area contributed by atoms with Gasteiger partial charge in [-0.05, 0) is 118 Å². The molecule has 0 aromatic rings. The SMILES string of the molecule is CCCCCC=CCC=CCCCCCCCCCC(CCCCCCCC=CCC=C(C)CCCCC)OC(=O)N(CC)CCN(C)C. The molecule has 0 saturated heterocycles. The van der Waals surface area contributed by atoms with Gasteiger partial charge in [-0.25, -0.2) is 4.79 Å². The van der Waals surface area contributed by atoms with Crippen molar-refractivity contribution in [2.75, 3.05) is 33.7 Å². The number of hydrogen-bond donors (Lipinski definition) is 0. The smallest absolute Gasteiger partial charge is 0.410 e. The number of allylic oxidation sites excluding steroid dienone is 8. The van der Waals surface area contributed by atoms with Gasteiger partial charge < -0.3 is 14.5 Å². The van der Waals surface area contributed by atoms with Crippen LogP contribution >= 0.6 is 0 Å². The predicted octanol–water partition coefficient (Wildman–Crippen LogP) is 14.2. The lowest BCUT2D eigenvalue weighted by Gasteiger charge is -2.26. The molecular weight excluding hydrogens is 601 g/mol. The number of carbonyl (C=O) groups excluding carboxylic acids is 1. The first-order valence-corrected chi connectivity index (χ1v) is 21.1. The van der Waals surface area contributed by atoms with Crippen molar-refractivity contribution < 1.29 is 9.53 Å². The summed E-state index contributed by atoms with van der Waals surface area (Å²) < 4.78 is 6.14. The molecule has 0 radical (unpaired) electrons. The molecule has 0 saturated carbocycles. The van der Waals surface area contributed by atoms with Crippen LogP contribution in [0.4, 0.5) is 4.79 Å². The summed E-state index contributed by atoms with van der Waals surface area (Å²) in [5.41, 5.74) is 1.54. The number of hydrogen-bond acceptors (Lipinski definition) is 3. The fourth-order valence-electron chi connectivity index (χ4n) is 6.12. The summed E-state index contributed by atoms with van der Waals surface area (Å²) in [7, 11) is 4.11. The van der Waals surface area contributed by atoms with Crippen LogP contribution < -0.4 is 0 Å². The summed E-state index contributed by atoms with van der Waals surface area (Å²) in [6.07, 6.45) is 48.7. The van der Waals surface area contributed by atoms with Crippen molar-refractivity contribution in [3.05, 3.63) is 48.1 Å². The molecule has 0 aromatic heterocycles. The number of ether oxygens (including phenoxy) is 1. The number of amides is 1. The highest BCUT2D eigenvalue weighted by Gasteiger charge is 2.19. The first-order chi connectivity index (χ1) is 23.9. The topological polar surface area (TPSA) is 32.8 Å². The second-order valence-corrected chi connectivity index (χ2v) is 14.7. The molecule has 1 amide bonds. The summed E-state index contributed by atoms with van der Waals surface area (Å²) in [5.74, 6) is 0. The van der Waals surface area contributed by atoms with Crippen molar-refractivity contribution in [1.82, 2.24) is 9.80 Å². The van der Waals surface area contributed by atoms with E-state index in [1.807, 2.05) is 4.90 Å². The Labute approximate surface area is 307 Å². The maximum atomic E-state index is 13.0. The van der Waals surface area contributed by atoms with Crippen LogP contribution in [0.25, 0.3) is 0 Å². The van der Waals surface area contributed by atoms with Crippen molar-refractivity contribution in [2.24, 2.45) is 0 Å². The molecule has 0 aliphatic carbocycles. The van der Waals surface area contributed by atoms with E-state index >= 15 is 0 Å². The molecule has 0 fully saturated rings. The van der Waals surface area contributed by atoms with E-state index in [2.05, 4.69) is 89.2 Å². The molecule has 0 aromatic carbocycles. The van der Waals surface area contributed by atoms with Gasteiger partial charge in [0.1, 0.15) is 6.10 Å². The molecule has 4 heteroatoms. The minimum Gasteiger partial charge on any atom is -0.446 e. The highest BCUT2D eigenvalue weighted by Crippen LogP contribution is 2.19. The van der Waals surface area contributed by atoms with Crippen molar-refractivity contribution in [2.45, 2.75) is 201 Å². The highest BCUT2D eigenvalue weighted by atomic mass is 16.6. The van der Waals surface area contributed by atoms with Gasteiger partial charge in [-0.3, -0.25) is 0 Å². The molecule has 0 bridgehead atoms. The Kier molecular flexibility index (Phi) is 36.1. The zero-order chi connectivity index (χ0) is 36.0. The average molecular weight is 685 g/mol. The number of likely N-dealkylation sites (N-methyl/N-ethyl adjacent to an activating group) is 2. The Morgan fingerprint density at radius 1 is 0.571 bits per heavy atom. The lowest BCUT2D eigenvalue weighted by Crippen LogP contribution is -2.38. The molecule has 0 spiro atoms. The summed E-state index contributed by atoms with van der Waals surface area (Å²) >= 11 is 0. The first kappa shape index (κ1) is 47.2. The third-order valence-electron chi connectivity index (χ3n) is 9.54. The monoisotopic (exact) mass is 685 g/mol. The minimum absolute atomic E-state index is 0.0558. The lowest BCUT2D eigenvalue weighted by molar-refractivity contribution is 0.0524. The molecule has 4 nitrogen and oxygen atoms in total. The quantitative estimate of drug-likeness (QED) is 0.0492. The molecule has 286 valence electrons. The average Bonchev–Trinajstić information content (AvgIpc) is 3.08. The number of unbranched alkanes of at least 4 members (excludes halogenated alkanes) is 17. The molecule has 0 aliphatic heterocycles. The van der Waals surface area contributed by atoms with Gasteiger partial charge in [-0.2, -0.15) is 0 Å². The molecule has 0 rings (SSSR count). The third kappa shape index (κ3) is 34.4. The summed E-state index contributed by atoms with van der Waals surface area (Å²) in [6.45, 7) is 11.2. The van der Waals surface area contributed by atoms with Crippen molar-refractivity contribution in [1.29, 1.82) is 0 Å². The molecule has 1 unspecified atom stereocenters. The van der Waals surface area contributed by atoms with Crippen LogP contribution in [0.1, 0.15) is 195 Å². The molecule has 0 heterocycles. The normalized spacial score (nSPS) is 13.1. The second kappa shape index (κ2) is 37.4. The Morgan fingerprint density at radius 2 is 1.04 bits per heavy atom. The molecular formula is C45H84N2O2. The van der Waals surface area contributed by atoms with E-state index in [1.165, 1.54) is 128 Å². The zero-order valence-electron chi connectivity index (χ0n) is 33.8. The Hall–Kier alpha value is -1.81. The van der Waals surface area contributed by atoms with E-state index < -0.39 is 0 Å². The van der Waals surface area contributed by atoms with E-state index in [0.717, 1.165) is 51.6 Å². The number of nitrogens with zero attached hydrogens (tertiary/aromatic N) is 2. The highest BCUT2D eigenvalue weighted by molar-refractivity contribution is 5.67. The maximum absolute atomic E-state index is 13.0. The van der Waals surface area contributed by atoms with Gasteiger partial charge in [-0.15, -0.1) is 0 Å². The van der Waals surface area contributed by atoms with Gasteiger partial charge >= 0.3 is 6.09 Å². The standard InChI is InChI=1S/C45H84N2O2/c1-7-10-12-13-14-15-16-17-18-19-20-21-22-25-28-31-35-39-44(49-45(48)47(9-3)42-41-46(5)6)40-36-32-29-26-23-24-27-30-34-38-43(4)37-33-11-8-2/h14-15,17-18,27,30,38,44H,7-13,16,19-26,28-29,31-37,39-42H2,1-6H3. The maximum Gasteiger partial charge on any atom is 0.410 e. The fourth-order valence-corrected chi connectivity index (χ4v) is 6.12. The fraction of sp³-hybridized carbons (Fsp3) is 0.800. The Bertz CT molecular complexity index is 828. The van der Waals surface area contributed by atoms with Crippen LogP contribution in [0.3, 0.4) is 0 Å². The third-order valence-corrected chi connectivity index (χ3v) is 9.54. The van der Waals surface area contributed by atoms with Crippen molar-refractivity contribution >= 4 is 6.09 Å². The van der Waals surface area contributed by atoms with Crippen LogP contribution in [0.2, 0.25) is 0 Å². The van der Waals surface area contributed by atoms with Crippen LogP contribution in [0.15, 0.2) is 48.1 Å². The van der Waals surface area contributed by atoms with Crippen LogP contribution in [-0.2, 0) is 4.74 Å². The molecule has 0 aliphatic rings. The predicted molar refractivity (Wildman–Crippen MR) is 219 cm³/mol. The van der Waals surface area contributed by atoms with E-state index in [1.54, 1.807) is 5.57 Å². The van der Waals surface area contributed by atoms with E-state index in [0.29, 0.717) is 6.54 Å². The van der Waals surface area contributed by atoms with E-state index in [9.17, 15) is 4.79 Å². The Balaban J connectivity index is 4.27. The van der Waals surface area contributed by atoms with Gasteiger partial charge in [0.15, 0.2) is 0 Å². The first-order valence-electron chi connectivity index (χ1n) is 21.1. The van der Waals surface area contributed by atoms with Gasteiger partial charge in [0, 0.05) is 19.6 Å². The Morgan fingerprint density at radius 3 is 1.55 bits per heavy atom. The lowest BCUT2D eigenvalue weighted by atomic mass is 10.0. The van der Waals surface area contributed by atoms with E-state index in [4.69, 9.17) is 4.74 Å². The molecule has 49 heavy (non-hydrogen) atoms. The zero-order valence-corrected chi connectivity index (χ0v) is 33.8. The second-order valence-electron chi connectivity index (χ2n) is 14.7. The van der Waals surface area contributed by atoms with E-state index in [-0.39, 0.29) is 12.2 Å². The van der Waals surface area contributed by atoms with Gasteiger partial charge in [0.05, 0.1) is 0 Å². The number of rotatable bonds is 35. The van der Waals surface area contributed by atoms with Crippen LogP contribution in [0.5, 0.6) is 0 Å². The molecule has 1 atom stereocenters. The van der Waals surface area contributed by atoms with Crippen molar-refractivity contribution in [3.63, 3.8) is 0 Å². The summed E-state index contributed by atoms with van der Waals surface area (Å²) in [5, 5.41) is 0. The summed E-state index contributed by atoms with van der Waals surface area (Å²) in [6, 6.07) is 0. The van der Waals surface area contributed by atoms with Gasteiger partial charge in [0.2, 0.25) is 0 Å². The van der Waals surface area contributed by atoms with Crippen LogP contribution in [-0.4, -0.2) is 55.7 Å². The van der Waals surface area contributed by atoms with Gasteiger partial charge in [-0.1, -0.05) is 139 Å². The molecule has 0 N–H and O–H groups in total. The largest absolute Gasteiger partial charge is 0.446 e. The minimum atomic E-state index is -0.121. The number of carbonyl (C=O) groups is 1. The van der Waals surface area contributed by atoms with Crippen LogP contribution in [0, 0.1) is 0 Å². The van der Waals surface area contributed by atoms with Crippen molar-refractivity contribution in [3.8, 4) is 0 Å². The van der Waals surface area contributed by atoms with Gasteiger partial charge in [0.25, 0.3) is 0 Å². The summed E-state index contributed by atoms with van der Waals surface area (Å²) in [4.78, 5) is 17.0.